The molecule has 0 spiro atoms. The Labute approximate surface area is 81.0 Å². The fourth-order valence-corrected chi connectivity index (χ4v) is 2.96. The number of ether oxygens (including phenoxy) is 1. The van der Waals surface area contributed by atoms with Gasteiger partial charge in [-0.3, -0.25) is 0 Å². The summed E-state index contributed by atoms with van der Waals surface area (Å²) in [6.07, 6.45) is 4.19. The van der Waals surface area contributed by atoms with Crippen molar-refractivity contribution in [3.05, 3.63) is 0 Å². The second kappa shape index (κ2) is 3.58. The van der Waals surface area contributed by atoms with E-state index in [-0.39, 0.29) is 0 Å². The summed E-state index contributed by atoms with van der Waals surface area (Å²) in [4.78, 5) is 0. The second-order valence-electron chi connectivity index (χ2n) is 4.80. The van der Waals surface area contributed by atoms with Crippen LogP contribution in [0, 0.1) is 17.3 Å². The molecular formula is C11H21NO. The molecule has 1 N–H and O–H groups in total. The average molecular weight is 183 g/mol. The lowest BCUT2D eigenvalue weighted by Crippen LogP contribution is -2.47. The van der Waals surface area contributed by atoms with Crippen LogP contribution in [0.3, 0.4) is 0 Å². The molecule has 0 aromatic rings. The average Bonchev–Trinajstić information content (AvgIpc) is 2.92. The van der Waals surface area contributed by atoms with E-state index in [1.165, 1.54) is 32.4 Å². The normalized spacial score (nSPS) is 40.6. The summed E-state index contributed by atoms with van der Waals surface area (Å²) in [5.74, 6) is 1.75. The Morgan fingerprint density at radius 1 is 1.46 bits per heavy atom. The number of rotatable bonds is 3. The van der Waals surface area contributed by atoms with Crippen LogP contribution in [0.25, 0.3) is 0 Å². The molecule has 1 aliphatic carbocycles. The van der Waals surface area contributed by atoms with Crippen LogP contribution in [0.4, 0.5) is 0 Å². The Kier molecular flexibility index (Phi) is 2.61. The van der Waals surface area contributed by atoms with Crippen LogP contribution in [-0.4, -0.2) is 26.8 Å². The van der Waals surface area contributed by atoms with Crippen LogP contribution < -0.4 is 5.32 Å². The minimum Gasteiger partial charge on any atom is -0.384 e. The van der Waals surface area contributed by atoms with Gasteiger partial charge in [-0.1, -0.05) is 6.92 Å². The van der Waals surface area contributed by atoms with E-state index in [9.17, 15) is 0 Å². The van der Waals surface area contributed by atoms with Crippen LogP contribution in [0.1, 0.15) is 26.2 Å². The van der Waals surface area contributed by atoms with Gasteiger partial charge in [0.25, 0.3) is 0 Å². The molecule has 2 aliphatic rings. The van der Waals surface area contributed by atoms with Gasteiger partial charge in [0, 0.05) is 12.5 Å². The molecule has 0 bridgehead atoms. The summed E-state index contributed by atoms with van der Waals surface area (Å²) in [7, 11) is 1.85. The minimum absolute atomic E-state index is 0.514. The van der Waals surface area contributed by atoms with Crippen LogP contribution in [0.2, 0.25) is 0 Å². The molecule has 2 atom stereocenters. The fraction of sp³-hybridized carbons (Fsp3) is 1.00. The molecule has 2 rings (SSSR count). The number of hydrogen-bond acceptors (Lipinski definition) is 2. The Bertz CT molecular complexity index is 175. The van der Waals surface area contributed by atoms with Crippen molar-refractivity contribution < 1.29 is 4.74 Å². The predicted octanol–water partition coefficient (Wildman–Crippen LogP) is 1.66. The number of nitrogens with one attached hydrogen (secondary N) is 1. The van der Waals surface area contributed by atoms with E-state index >= 15 is 0 Å². The SMILES string of the molecule is COCC1(C2CC2)CCNCC1C. The van der Waals surface area contributed by atoms with Crippen molar-refractivity contribution in [3.63, 3.8) is 0 Å². The van der Waals surface area contributed by atoms with Gasteiger partial charge in [0.2, 0.25) is 0 Å². The van der Waals surface area contributed by atoms with E-state index in [0.717, 1.165) is 18.4 Å². The zero-order chi connectivity index (χ0) is 9.31. The van der Waals surface area contributed by atoms with E-state index in [1.54, 1.807) is 0 Å². The molecule has 76 valence electrons. The predicted molar refractivity (Wildman–Crippen MR) is 53.7 cm³/mol. The third-order valence-corrected chi connectivity index (χ3v) is 4.00. The summed E-state index contributed by atoms with van der Waals surface area (Å²) < 4.78 is 5.43. The highest BCUT2D eigenvalue weighted by atomic mass is 16.5. The van der Waals surface area contributed by atoms with Crippen molar-refractivity contribution in [2.24, 2.45) is 17.3 Å². The fourth-order valence-electron chi connectivity index (χ4n) is 2.96. The highest BCUT2D eigenvalue weighted by molar-refractivity contribution is 4.99. The smallest absolute Gasteiger partial charge is 0.0524 e. The zero-order valence-electron chi connectivity index (χ0n) is 8.81. The first-order valence-electron chi connectivity index (χ1n) is 5.49. The van der Waals surface area contributed by atoms with E-state index in [0.29, 0.717) is 5.41 Å². The van der Waals surface area contributed by atoms with Gasteiger partial charge in [0.05, 0.1) is 6.61 Å². The minimum atomic E-state index is 0.514. The Morgan fingerprint density at radius 2 is 2.23 bits per heavy atom. The maximum absolute atomic E-state index is 5.43. The van der Waals surface area contributed by atoms with Gasteiger partial charge in [-0.2, -0.15) is 0 Å². The molecule has 2 nitrogen and oxygen atoms in total. The summed E-state index contributed by atoms with van der Waals surface area (Å²) in [5, 5.41) is 3.47. The van der Waals surface area contributed by atoms with Gasteiger partial charge in [0.15, 0.2) is 0 Å². The standard InChI is InChI=1S/C11H21NO/c1-9-7-12-6-5-11(9,8-13-2)10-3-4-10/h9-10,12H,3-8H2,1-2H3. The molecule has 0 aromatic heterocycles. The topological polar surface area (TPSA) is 21.3 Å². The Hall–Kier alpha value is -0.0800. The highest BCUT2D eigenvalue weighted by Crippen LogP contribution is 2.53. The van der Waals surface area contributed by atoms with Crippen LogP contribution in [0.5, 0.6) is 0 Å². The summed E-state index contributed by atoms with van der Waals surface area (Å²) in [6.45, 7) is 5.72. The first-order valence-corrected chi connectivity index (χ1v) is 5.49. The van der Waals surface area contributed by atoms with Gasteiger partial charge >= 0.3 is 0 Å². The molecule has 13 heavy (non-hydrogen) atoms. The Morgan fingerprint density at radius 3 is 2.77 bits per heavy atom. The lowest BCUT2D eigenvalue weighted by molar-refractivity contribution is -0.00279. The van der Waals surface area contributed by atoms with Gasteiger partial charge < -0.3 is 10.1 Å². The monoisotopic (exact) mass is 183 g/mol. The quantitative estimate of drug-likeness (QED) is 0.718. The maximum atomic E-state index is 5.43. The number of hydrogen-bond donors (Lipinski definition) is 1. The number of piperidine rings is 1. The maximum Gasteiger partial charge on any atom is 0.0524 e. The molecule has 1 saturated heterocycles. The molecule has 1 aliphatic heterocycles. The third kappa shape index (κ3) is 1.62. The number of methoxy groups -OCH3 is 1. The molecule has 2 heteroatoms. The van der Waals surface area contributed by atoms with Crippen LogP contribution >= 0.6 is 0 Å². The van der Waals surface area contributed by atoms with Crippen molar-refractivity contribution in [2.75, 3.05) is 26.8 Å². The lowest BCUT2D eigenvalue weighted by atomic mass is 9.68. The molecule has 0 amide bonds. The summed E-state index contributed by atoms with van der Waals surface area (Å²) in [6, 6.07) is 0. The van der Waals surface area contributed by atoms with Crippen molar-refractivity contribution in [2.45, 2.75) is 26.2 Å². The first-order chi connectivity index (χ1) is 6.29. The van der Waals surface area contributed by atoms with Crippen molar-refractivity contribution >= 4 is 0 Å². The van der Waals surface area contributed by atoms with Gasteiger partial charge in [-0.05, 0) is 44.2 Å². The molecule has 1 heterocycles. The molecule has 2 unspecified atom stereocenters. The lowest BCUT2D eigenvalue weighted by Gasteiger charge is -2.43. The zero-order valence-corrected chi connectivity index (χ0v) is 8.81. The molecule has 1 saturated carbocycles. The van der Waals surface area contributed by atoms with E-state index in [1.807, 2.05) is 7.11 Å². The summed E-state index contributed by atoms with van der Waals surface area (Å²) >= 11 is 0. The van der Waals surface area contributed by atoms with Gasteiger partial charge in [-0.15, -0.1) is 0 Å². The largest absolute Gasteiger partial charge is 0.384 e. The highest BCUT2D eigenvalue weighted by Gasteiger charge is 2.49. The first kappa shape index (κ1) is 9.47. The second-order valence-corrected chi connectivity index (χ2v) is 4.80. The van der Waals surface area contributed by atoms with Crippen LogP contribution in [-0.2, 0) is 4.74 Å². The van der Waals surface area contributed by atoms with Crippen molar-refractivity contribution in [3.8, 4) is 0 Å². The van der Waals surface area contributed by atoms with Crippen molar-refractivity contribution in [1.82, 2.24) is 5.32 Å². The van der Waals surface area contributed by atoms with E-state index < -0.39 is 0 Å². The molecular weight excluding hydrogens is 162 g/mol. The Balaban J connectivity index is 2.08. The summed E-state index contributed by atoms with van der Waals surface area (Å²) in [5.41, 5.74) is 0.514. The third-order valence-electron chi connectivity index (χ3n) is 4.00. The van der Waals surface area contributed by atoms with E-state index in [2.05, 4.69) is 12.2 Å². The van der Waals surface area contributed by atoms with Crippen molar-refractivity contribution in [1.29, 1.82) is 0 Å². The van der Waals surface area contributed by atoms with E-state index in [4.69, 9.17) is 4.74 Å². The molecule has 0 radical (unpaired) electrons. The van der Waals surface area contributed by atoms with Gasteiger partial charge in [0.1, 0.15) is 0 Å². The van der Waals surface area contributed by atoms with Gasteiger partial charge in [-0.25, -0.2) is 0 Å². The van der Waals surface area contributed by atoms with Crippen LogP contribution in [0.15, 0.2) is 0 Å². The molecule has 0 aromatic carbocycles. The molecule has 2 fully saturated rings.